The van der Waals surface area contributed by atoms with E-state index in [2.05, 4.69) is 6.92 Å². The maximum atomic E-state index is 13.9. The first kappa shape index (κ1) is 24.4. The maximum Gasteiger partial charge on any atom is 0.250 e. The summed E-state index contributed by atoms with van der Waals surface area (Å²) in [5.74, 6) is 1.77. The van der Waals surface area contributed by atoms with Gasteiger partial charge < -0.3 is 19.3 Å². The van der Waals surface area contributed by atoms with Gasteiger partial charge in [-0.3, -0.25) is 9.59 Å². The Hall–Kier alpha value is -2.73. The number of benzene rings is 2. The molecule has 0 spiro atoms. The van der Waals surface area contributed by atoms with E-state index in [1.165, 1.54) is 0 Å². The fourth-order valence-corrected chi connectivity index (χ4v) is 5.24. The summed E-state index contributed by atoms with van der Waals surface area (Å²) in [6.07, 6.45) is 4.71. The minimum Gasteiger partial charge on any atom is -0.493 e. The van der Waals surface area contributed by atoms with E-state index in [-0.39, 0.29) is 24.4 Å². The summed E-state index contributed by atoms with van der Waals surface area (Å²) < 4.78 is 10.9. The molecule has 1 atom stereocenters. The van der Waals surface area contributed by atoms with Gasteiger partial charge in [0, 0.05) is 17.6 Å². The lowest BCUT2D eigenvalue weighted by Gasteiger charge is -2.45. The molecule has 1 saturated carbocycles. The topological polar surface area (TPSA) is 59.1 Å². The van der Waals surface area contributed by atoms with Crippen LogP contribution in [-0.2, 0) is 16.0 Å². The minimum atomic E-state index is -0.687. The Morgan fingerprint density at radius 3 is 2.26 bits per heavy atom. The molecular weight excluding hydrogens is 452 g/mol. The number of halogens is 1. The lowest BCUT2D eigenvalue weighted by Crippen LogP contribution is -2.59. The van der Waals surface area contributed by atoms with Crippen LogP contribution in [0, 0.1) is 5.92 Å². The Morgan fingerprint density at radius 1 is 0.941 bits per heavy atom. The maximum absolute atomic E-state index is 13.9. The lowest BCUT2D eigenvalue weighted by molar-refractivity contribution is -0.159. The van der Waals surface area contributed by atoms with E-state index in [1.807, 2.05) is 41.3 Å². The summed E-state index contributed by atoms with van der Waals surface area (Å²) in [5.41, 5.74) is 1.81. The number of amides is 2. The number of hydrogen-bond acceptors (Lipinski definition) is 4. The molecular formula is C27H33ClN2O4. The number of piperazine rings is 1. The predicted molar refractivity (Wildman–Crippen MR) is 132 cm³/mol. The van der Waals surface area contributed by atoms with Gasteiger partial charge in [0.2, 0.25) is 5.91 Å². The summed E-state index contributed by atoms with van der Waals surface area (Å²) in [5, 5.41) is 0.675. The first-order chi connectivity index (χ1) is 16.4. The minimum absolute atomic E-state index is 0.0116. The molecule has 4 rings (SSSR count). The Bertz CT molecular complexity index is 1020. The highest BCUT2D eigenvalue weighted by Crippen LogP contribution is 2.37. The van der Waals surface area contributed by atoms with Crippen molar-refractivity contribution in [1.29, 1.82) is 0 Å². The van der Waals surface area contributed by atoms with Crippen LogP contribution in [0.3, 0.4) is 0 Å². The van der Waals surface area contributed by atoms with Crippen molar-refractivity contribution in [2.75, 3.05) is 27.3 Å². The standard InChI is InChI=1S/C27H33ClN2O4/c1-18-4-11-22(12-5-18)30-17-25(31)29(15-14-19-6-9-21(28)10-7-19)26(27(30)32)20-8-13-23(33-2)24(16-20)34-3/h6-10,13,16,18,22,26H,4-5,11-12,14-15,17H2,1-3H3/t18?,22?,26-/m1/s1. The molecule has 0 radical (unpaired) electrons. The van der Waals surface area contributed by atoms with Gasteiger partial charge in [0.15, 0.2) is 11.5 Å². The van der Waals surface area contributed by atoms with Crippen molar-refractivity contribution in [3.8, 4) is 11.5 Å². The molecule has 1 aliphatic carbocycles. The van der Waals surface area contributed by atoms with E-state index in [4.69, 9.17) is 21.1 Å². The quantitative estimate of drug-likeness (QED) is 0.561. The zero-order valence-electron chi connectivity index (χ0n) is 20.1. The number of ether oxygens (including phenoxy) is 2. The van der Waals surface area contributed by atoms with Gasteiger partial charge in [0.1, 0.15) is 12.6 Å². The van der Waals surface area contributed by atoms with Gasteiger partial charge in [-0.05, 0) is 73.4 Å². The fourth-order valence-electron chi connectivity index (χ4n) is 5.11. The number of hydrogen-bond donors (Lipinski definition) is 0. The molecule has 6 nitrogen and oxygen atoms in total. The molecule has 2 aliphatic rings. The van der Waals surface area contributed by atoms with E-state index >= 15 is 0 Å². The number of carbonyl (C=O) groups is 2. The second-order valence-corrected chi connectivity index (χ2v) is 9.80. The molecule has 2 fully saturated rings. The van der Waals surface area contributed by atoms with E-state index in [9.17, 15) is 9.59 Å². The first-order valence-electron chi connectivity index (χ1n) is 12.0. The Kier molecular flexibility index (Phi) is 7.67. The van der Waals surface area contributed by atoms with Crippen molar-refractivity contribution in [3.05, 3.63) is 58.6 Å². The molecule has 2 aromatic rings. The third kappa shape index (κ3) is 5.17. The van der Waals surface area contributed by atoms with Gasteiger partial charge in [-0.15, -0.1) is 0 Å². The Morgan fingerprint density at radius 2 is 1.62 bits per heavy atom. The number of nitrogens with zero attached hydrogens (tertiary/aromatic N) is 2. The summed E-state index contributed by atoms with van der Waals surface area (Å²) in [6.45, 7) is 2.84. The van der Waals surface area contributed by atoms with E-state index in [0.717, 1.165) is 36.8 Å². The molecule has 182 valence electrons. The van der Waals surface area contributed by atoms with E-state index in [0.29, 0.717) is 35.4 Å². The van der Waals surface area contributed by atoms with Crippen LogP contribution in [0.2, 0.25) is 5.02 Å². The van der Waals surface area contributed by atoms with Crippen molar-refractivity contribution < 1.29 is 19.1 Å². The van der Waals surface area contributed by atoms with Crippen molar-refractivity contribution in [2.24, 2.45) is 5.92 Å². The van der Waals surface area contributed by atoms with Crippen molar-refractivity contribution in [1.82, 2.24) is 9.80 Å². The van der Waals surface area contributed by atoms with Crippen molar-refractivity contribution in [2.45, 2.75) is 51.1 Å². The van der Waals surface area contributed by atoms with Gasteiger partial charge in [0.05, 0.1) is 14.2 Å². The first-order valence-corrected chi connectivity index (χ1v) is 12.4. The van der Waals surface area contributed by atoms with E-state index < -0.39 is 6.04 Å². The molecule has 34 heavy (non-hydrogen) atoms. The smallest absolute Gasteiger partial charge is 0.250 e. The molecule has 1 saturated heterocycles. The normalized spacial score (nSPS) is 23.2. The van der Waals surface area contributed by atoms with Gasteiger partial charge in [0.25, 0.3) is 5.91 Å². The summed E-state index contributed by atoms with van der Waals surface area (Å²) >= 11 is 6.02. The Balaban J connectivity index is 1.64. The van der Waals surface area contributed by atoms with Crippen molar-refractivity contribution >= 4 is 23.4 Å². The van der Waals surface area contributed by atoms with Crippen LogP contribution in [-0.4, -0.2) is 55.0 Å². The average Bonchev–Trinajstić information content (AvgIpc) is 2.85. The molecule has 2 aromatic carbocycles. The molecule has 0 aromatic heterocycles. The summed E-state index contributed by atoms with van der Waals surface area (Å²) in [6, 6.07) is 12.5. The number of carbonyl (C=O) groups excluding carboxylic acids is 2. The average molecular weight is 485 g/mol. The van der Waals surface area contributed by atoms with Crippen LogP contribution in [0.4, 0.5) is 0 Å². The number of methoxy groups -OCH3 is 2. The second-order valence-electron chi connectivity index (χ2n) is 9.36. The Labute approximate surface area is 206 Å². The van der Waals surface area contributed by atoms with Crippen LogP contribution in [0.15, 0.2) is 42.5 Å². The molecule has 1 heterocycles. The SMILES string of the molecule is COc1ccc([C@@H]2C(=O)N(C3CCC(C)CC3)CC(=O)N2CCc2ccc(Cl)cc2)cc1OC. The highest BCUT2D eigenvalue weighted by molar-refractivity contribution is 6.30. The molecule has 1 aliphatic heterocycles. The van der Waals surface area contributed by atoms with Gasteiger partial charge in [-0.2, -0.15) is 0 Å². The highest BCUT2D eigenvalue weighted by atomic mass is 35.5. The van der Waals surface area contributed by atoms with Crippen LogP contribution in [0.5, 0.6) is 11.5 Å². The van der Waals surface area contributed by atoms with Crippen LogP contribution >= 0.6 is 11.6 Å². The van der Waals surface area contributed by atoms with Crippen molar-refractivity contribution in [3.63, 3.8) is 0 Å². The lowest BCUT2D eigenvalue weighted by atomic mass is 9.85. The highest BCUT2D eigenvalue weighted by Gasteiger charge is 2.43. The van der Waals surface area contributed by atoms with Gasteiger partial charge in [-0.1, -0.05) is 36.7 Å². The largest absolute Gasteiger partial charge is 0.493 e. The third-order valence-corrected chi connectivity index (χ3v) is 7.41. The fraction of sp³-hybridized carbons (Fsp3) is 0.481. The van der Waals surface area contributed by atoms with Crippen LogP contribution < -0.4 is 9.47 Å². The molecule has 0 unspecified atom stereocenters. The molecule has 7 heteroatoms. The molecule has 2 amide bonds. The number of rotatable bonds is 7. The van der Waals surface area contributed by atoms with Crippen LogP contribution in [0.25, 0.3) is 0 Å². The summed E-state index contributed by atoms with van der Waals surface area (Å²) in [7, 11) is 3.15. The van der Waals surface area contributed by atoms with E-state index in [1.54, 1.807) is 25.2 Å². The molecule has 0 bridgehead atoms. The molecule has 0 N–H and O–H groups in total. The summed E-state index contributed by atoms with van der Waals surface area (Å²) in [4.78, 5) is 30.9. The third-order valence-electron chi connectivity index (χ3n) is 7.16. The van der Waals surface area contributed by atoms with Gasteiger partial charge in [-0.25, -0.2) is 0 Å². The zero-order valence-corrected chi connectivity index (χ0v) is 20.9. The zero-order chi connectivity index (χ0) is 24.2. The van der Waals surface area contributed by atoms with Gasteiger partial charge >= 0.3 is 0 Å². The second kappa shape index (κ2) is 10.7. The predicted octanol–water partition coefficient (Wildman–Crippen LogP) is 4.89. The van der Waals surface area contributed by atoms with Crippen LogP contribution in [0.1, 0.15) is 49.8 Å². The monoisotopic (exact) mass is 484 g/mol.